The van der Waals surface area contributed by atoms with E-state index in [-0.39, 0.29) is 11.8 Å². The van der Waals surface area contributed by atoms with Crippen LogP contribution < -0.4 is 9.88 Å². The number of piperidine rings is 1. The molecule has 1 heterocycles. The summed E-state index contributed by atoms with van der Waals surface area (Å²) in [5.74, 6) is 0.840. The Labute approximate surface area is 174 Å². The van der Waals surface area contributed by atoms with Crippen molar-refractivity contribution < 1.29 is 14.1 Å². The molecule has 1 unspecified atom stereocenters. The largest absolute Gasteiger partial charge is 0.598 e. The number of carbonyl (C=O) groups excluding carboxylic acids is 1. The van der Waals surface area contributed by atoms with Crippen LogP contribution in [-0.2, 0) is 16.2 Å². The van der Waals surface area contributed by atoms with E-state index >= 15 is 0 Å². The first-order valence-corrected chi connectivity index (χ1v) is 10.7. The molecule has 1 amide bonds. The zero-order valence-corrected chi connectivity index (χ0v) is 18.4. The third kappa shape index (κ3) is 5.33. The van der Waals surface area contributed by atoms with E-state index in [0.29, 0.717) is 28.9 Å². The zero-order valence-electron chi connectivity index (χ0n) is 16.1. The number of allylic oxidation sites excluding steroid dienone is 1. The molecule has 0 bridgehead atoms. The Balaban J connectivity index is 2.51. The number of amides is 1. The van der Waals surface area contributed by atoms with Crippen molar-refractivity contribution >= 4 is 46.0 Å². The van der Waals surface area contributed by atoms with Crippen LogP contribution in [0.15, 0.2) is 18.2 Å². The molecule has 150 valence electrons. The first-order valence-electron chi connectivity index (χ1n) is 8.74. The van der Waals surface area contributed by atoms with Crippen LogP contribution in [0.3, 0.4) is 0 Å². The van der Waals surface area contributed by atoms with E-state index in [1.54, 1.807) is 26.2 Å². The fourth-order valence-corrected chi connectivity index (χ4v) is 3.84. The van der Waals surface area contributed by atoms with Crippen molar-refractivity contribution in [3.63, 3.8) is 0 Å². The summed E-state index contributed by atoms with van der Waals surface area (Å²) in [5, 5.41) is 6.54. The second-order valence-corrected chi connectivity index (χ2v) is 9.71. The molecule has 5 nitrogen and oxygen atoms in total. The number of rotatable bonds is 5. The van der Waals surface area contributed by atoms with Gasteiger partial charge in [0.25, 0.3) is 0 Å². The van der Waals surface area contributed by atoms with Crippen LogP contribution in [0.25, 0.3) is 5.57 Å². The van der Waals surface area contributed by atoms with Crippen LogP contribution in [0.4, 0.5) is 0 Å². The van der Waals surface area contributed by atoms with Crippen LogP contribution in [-0.4, -0.2) is 40.3 Å². The molecule has 0 aromatic heterocycles. The topological polar surface area (TPSA) is 78.6 Å². The average Bonchev–Trinajstić information content (AvgIpc) is 2.61. The Morgan fingerprint density at radius 2 is 1.89 bits per heavy atom. The van der Waals surface area contributed by atoms with Crippen LogP contribution in [0.2, 0.25) is 10.0 Å². The highest BCUT2D eigenvalue weighted by Gasteiger charge is 2.33. The summed E-state index contributed by atoms with van der Waals surface area (Å²) in [6, 6.07) is 3.46. The molecule has 1 fully saturated rings. The smallest absolute Gasteiger partial charge is 0.219 e. The first-order chi connectivity index (χ1) is 12.6. The Morgan fingerprint density at radius 3 is 2.37 bits per heavy atom. The summed E-state index contributed by atoms with van der Waals surface area (Å²) in [7, 11) is 1.57. The lowest BCUT2D eigenvalue weighted by Crippen LogP contribution is -2.39. The Morgan fingerprint density at radius 1 is 1.33 bits per heavy atom. The number of nitrogens with two attached hydrogens (primary N) is 1. The fourth-order valence-electron chi connectivity index (χ4n) is 3.28. The van der Waals surface area contributed by atoms with Gasteiger partial charge < -0.3 is 14.2 Å². The number of likely N-dealkylation sites (tertiary alicyclic amines) is 1. The third-order valence-electron chi connectivity index (χ3n) is 4.96. The van der Waals surface area contributed by atoms with Crippen LogP contribution in [0, 0.1) is 5.92 Å². The normalized spacial score (nSPS) is 17.8. The molecule has 1 aliphatic rings. The lowest BCUT2D eigenvalue weighted by Gasteiger charge is -2.34. The van der Waals surface area contributed by atoms with Gasteiger partial charge in [-0.1, -0.05) is 23.2 Å². The molecule has 1 atom stereocenters. The van der Waals surface area contributed by atoms with Crippen molar-refractivity contribution in [1.82, 2.24) is 4.90 Å². The quantitative estimate of drug-likeness (QED) is 0.711. The van der Waals surface area contributed by atoms with Crippen LogP contribution in [0.1, 0.15) is 39.2 Å². The summed E-state index contributed by atoms with van der Waals surface area (Å²) in [6.45, 7) is 6.59. The minimum Gasteiger partial charge on any atom is -0.598 e. The van der Waals surface area contributed by atoms with Gasteiger partial charge in [-0.05, 0) is 50.3 Å². The third-order valence-corrected chi connectivity index (χ3v) is 6.83. The number of hydrogen-bond acceptors (Lipinski definition) is 4. The molecule has 0 spiro atoms. The predicted octanol–water partition coefficient (Wildman–Crippen LogP) is 4.04. The highest BCUT2D eigenvalue weighted by molar-refractivity contribution is 7.90. The van der Waals surface area contributed by atoms with Crippen molar-refractivity contribution in [3.8, 4) is 5.75 Å². The molecule has 8 heteroatoms. The molecule has 0 radical (unpaired) electrons. The molecule has 27 heavy (non-hydrogen) atoms. The Hall–Kier alpha value is -0.920. The molecule has 1 saturated heterocycles. The highest BCUT2D eigenvalue weighted by atomic mass is 35.5. The monoisotopic (exact) mass is 432 g/mol. The summed E-state index contributed by atoms with van der Waals surface area (Å²) < 4.78 is 16.8. The van der Waals surface area contributed by atoms with Gasteiger partial charge in [-0.25, -0.2) is 0 Å². The predicted molar refractivity (Wildman–Crippen MR) is 112 cm³/mol. The highest BCUT2D eigenvalue weighted by Crippen LogP contribution is 2.41. The lowest BCUT2D eigenvalue weighted by molar-refractivity contribution is -0.129. The molecule has 1 aliphatic heterocycles. The van der Waals surface area contributed by atoms with Gasteiger partial charge in [-0.3, -0.25) is 4.79 Å². The number of halogens is 2. The molecular weight excluding hydrogens is 407 g/mol. The lowest BCUT2D eigenvalue weighted by atomic mass is 9.83. The maximum Gasteiger partial charge on any atom is 0.219 e. The molecule has 2 rings (SSSR count). The van der Waals surface area contributed by atoms with Crippen LogP contribution >= 0.6 is 23.2 Å². The summed E-state index contributed by atoms with van der Waals surface area (Å²) in [5.41, 5.74) is 1.78. The van der Waals surface area contributed by atoms with Crippen molar-refractivity contribution in [1.29, 1.82) is 0 Å². The van der Waals surface area contributed by atoms with Gasteiger partial charge in [-0.15, -0.1) is 0 Å². The summed E-state index contributed by atoms with van der Waals surface area (Å²) in [4.78, 5) is 13.5. The average molecular weight is 433 g/mol. The van der Waals surface area contributed by atoms with Crippen molar-refractivity contribution in [2.45, 2.75) is 38.4 Å². The Bertz CT molecular complexity index is 730. The van der Waals surface area contributed by atoms with E-state index in [0.717, 1.165) is 24.0 Å². The van der Waals surface area contributed by atoms with E-state index in [9.17, 15) is 9.35 Å². The second-order valence-electron chi connectivity index (χ2n) is 7.25. The van der Waals surface area contributed by atoms with Gasteiger partial charge in [0.15, 0.2) is 4.75 Å². The van der Waals surface area contributed by atoms with Crippen molar-refractivity contribution in [2.75, 3.05) is 20.2 Å². The van der Waals surface area contributed by atoms with E-state index in [2.05, 4.69) is 0 Å². The van der Waals surface area contributed by atoms with Crippen molar-refractivity contribution in [2.24, 2.45) is 11.1 Å². The van der Waals surface area contributed by atoms with E-state index in [4.69, 9.17) is 33.1 Å². The molecule has 1 aromatic carbocycles. The Kier molecular flexibility index (Phi) is 7.50. The van der Waals surface area contributed by atoms with Gasteiger partial charge in [0.1, 0.15) is 5.75 Å². The fraction of sp³-hybridized carbons (Fsp3) is 0.526. The molecule has 2 N–H and O–H groups in total. The molecular formula is C19H26Cl2N2O3S. The van der Waals surface area contributed by atoms with Crippen molar-refractivity contribution in [3.05, 3.63) is 33.8 Å². The maximum atomic E-state index is 12.0. The van der Waals surface area contributed by atoms with Gasteiger partial charge in [0, 0.05) is 43.0 Å². The van der Waals surface area contributed by atoms with Gasteiger partial charge in [0.05, 0.1) is 17.2 Å². The minimum absolute atomic E-state index is 0.0782. The van der Waals surface area contributed by atoms with E-state index in [1.807, 2.05) is 24.8 Å². The van der Waals surface area contributed by atoms with Crippen LogP contribution in [0.5, 0.6) is 5.75 Å². The van der Waals surface area contributed by atoms with Gasteiger partial charge >= 0.3 is 0 Å². The van der Waals surface area contributed by atoms with Gasteiger partial charge in [0.2, 0.25) is 5.91 Å². The van der Waals surface area contributed by atoms with E-state index in [1.165, 1.54) is 0 Å². The first kappa shape index (κ1) is 22.4. The number of methoxy groups -OCH3 is 1. The van der Waals surface area contributed by atoms with Gasteiger partial charge in [-0.2, -0.15) is 5.14 Å². The second kappa shape index (κ2) is 9.05. The molecule has 0 aliphatic carbocycles. The number of ether oxygens (including phenoxy) is 1. The SMILES string of the molecule is COc1cc(Cl)c(Cl)cc1/C(=C\C(C)(C)[S+](N)[O-])C1CCN(C(C)=O)CC1. The summed E-state index contributed by atoms with van der Waals surface area (Å²) >= 11 is 10.9. The number of benzene rings is 1. The van der Waals surface area contributed by atoms with E-state index < -0.39 is 16.1 Å². The molecule has 1 aromatic rings. The number of hydrogen-bond donors (Lipinski definition) is 1. The minimum atomic E-state index is -1.55. The maximum absolute atomic E-state index is 12.0. The molecule has 0 saturated carbocycles. The number of nitrogens with zero attached hydrogens (tertiary/aromatic N) is 1. The standard InChI is InChI=1S/C19H26Cl2N2O3S/c1-12(24)23-7-5-13(6-8-23)15(11-19(2,3)27(22)25)14-9-16(20)17(21)10-18(14)26-4/h9-11,13H,5-8,22H2,1-4H3/b15-11-. The summed E-state index contributed by atoms with van der Waals surface area (Å²) in [6.07, 6.45) is 3.53. The number of carbonyl (C=O) groups is 1. The zero-order chi connectivity index (χ0) is 20.4.